The predicted molar refractivity (Wildman–Crippen MR) is 85.3 cm³/mol. The van der Waals surface area contributed by atoms with Crippen LogP contribution in [0.4, 0.5) is 0 Å². The van der Waals surface area contributed by atoms with Gasteiger partial charge in [-0.2, -0.15) is 0 Å². The molecule has 0 bridgehead atoms. The third kappa shape index (κ3) is 2.85. The van der Waals surface area contributed by atoms with Gasteiger partial charge in [-0.25, -0.2) is 0 Å². The highest BCUT2D eigenvalue weighted by molar-refractivity contribution is 9.10. The van der Waals surface area contributed by atoms with Crippen LogP contribution in [0.5, 0.6) is 5.75 Å². The predicted octanol–water partition coefficient (Wildman–Crippen LogP) is 4.71. The molecule has 0 fully saturated rings. The minimum atomic E-state index is 0.292. The van der Waals surface area contributed by atoms with Gasteiger partial charge in [-0.3, -0.25) is 0 Å². The van der Waals surface area contributed by atoms with E-state index in [2.05, 4.69) is 21.1 Å². The molecule has 0 radical (unpaired) electrons. The second-order valence-corrected chi connectivity index (χ2v) is 5.80. The number of benzene rings is 2. The lowest BCUT2D eigenvalue weighted by Gasteiger charge is -2.05. The number of aryl methyl sites for hydroxylation is 1. The smallest absolute Gasteiger partial charge is 0.170 e. The van der Waals surface area contributed by atoms with E-state index in [9.17, 15) is 5.11 Å². The first-order valence-electron chi connectivity index (χ1n) is 6.63. The van der Waals surface area contributed by atoms with Crippen molar-refractivity contribution in [3.05, 3.63) is 69.8 Å². The first-order chi connectivity index (χ1) is 10.1. The van der Waals surface area contributed by atoms with Gasteiger partial charge >= 0.3 is 0 Å². The molecule has 0 spiro atoms. The molecule has 0 saturated carbocycles. The monoisotopic (exact) mass is 343 g/mol. The molecular weight excluding hydrogens is 330 g/mol. The SMILES string of the molecule is Cc1noc(-c2ccc(Br)cc2)c1Cc1ccccc1O. The van der Waals surface area contributed by atoms with Crippen LogP contribution in [0.15, 0.2) is 57.5 Å². The highest BCUT2D eigenvalue weighted by atomic mass is 79.9. The van der Waals surface area contributed by atoms with Gasteiger partial charge in [-0.15, -0.1) is 0 Å². The zero-order valence-corrected chi connectivity index (χ0v) is 13.1. The van der Waals surface area contributed by atoms with Crippen molar-refractivity contribution >= 4 is 15.9 Å². The quantitative estimate of drug-likeness (QED) is 0.749. The molecule has 1 heterocycles. The Hall–Kier alpha value is -2.07. The maximum atomic E-state index is 9.94. The Morgan fingerprint density at radius 2 is 1.81 bits per heavy atom. The minimum absolute atomic E-state index is 0.292. The second kappa shape index (κ2) is 5.74. The number of rotatable bonds is 3. The summed E-state index contributed by atoms with van der Waals surface area (Å²) in [5, 5.41) is 14.0. The van der Waals surface area contributed by atoms with E-state index in [4.69, 9.17) is 4.52 Å². The summed E-state index contributed by atoms with van der Waals surface area (Å²) in [6, 6.07) is 15.2. The van der Waals surface area contributed by atoms with Crippen molar-refractivity contribution in [2.75, 3.05) is 0 Å². The largest absolute Gasteiger partial charge is 0.508 e. The molecule has 0 unspecified atom stereocenters. The van der Waals surface area contributed by atoms with Gasteiger partial charge in [0.1, 0.15) is 5.75 Å². The van der Waals surface area contributed by atoms with Gasteiger partial charge in [-0.05, 0) is 30.7 Å². The van der Waals surface area contributed by atoms with Crippen LogP contribution in [0.25, 0.3) is 11.3 Å². The number of halogens is 1. The number of para-hydroxylation sites is 1. The molecule has 1 N–H and O–H groups in total. The van der Waals surface area contributed by atoms with Gasteiger partial charge in [0.2, 0.25) is 0 Å². The Bertz CT molecular complexity index is 763. The van der Waals surface area contributed by atoms with Crippen LogP contribution in [0.1, 0.15) is 16.8 Å². The van der Waals surface area contributed by atoms with E-state index in [1.807, 2.05) is 49.4 Å². The Morgan fingerprint density at radius 1 is 1.10 bits per heavy atom. The van der Waals surface area contributed by atoms with Gasteiger partial charge in [-0.1, -0.05) is 51.4 Å². The number of hydrogen-bond acceptors (Lipinski definition) is 3. The van der Waals surface area contributed by atoms with Crippen molar-refractivity contribution < 1.29 is 9.63 Å². The Balaban J connectivity index is 2.01. The lowest BCUT2D eigenvalue weighted by atomic mass is 9.99. The maximum absolute atomic E-state index is 9.94. The van der Waals surface area contributed by atoms with Gasteiger partial charge in [0.05, 0.1) is 5.69 Å². The molecule has 0 aliphatic carbocycles. The van der Waals surface area contributed by atoms with Crippen molar-refractivity contribution in [2.45, 2.75) is 13.3 Å². The van der Waals surface area contributed by atoms with E-state index in [1.165, 1.54) is 0 Å². The minimum Gasteiger partial charge on any atom is -0.508 e. The van der Waals surface area contributed by atoms with Gasteiger partial charge in [0, 0.05) is 22.0 Å². The van der Waals surface area contributed by atoms with Gasteiger partial charge in [0.25, 0.3) is 0 Å². The molecule has 0 atom stereocenters. The second-order valence-electron chi connectivity index (χ2n) is 4.89. The molecule has 3 nitrogen and oxygen atoms in total. The summed E-state index contributed by atoms with van der Waals surface area (Å²) in [5.74, 6) is 1.04. The average molecular weight is 344 g/mol. The fourth-order valence-electron chi connectivity index (χ4n) is 2.28. The van der Waals surface area contributed by atoms with E-state index >= 15 is 0 Å². The van der Waals surface area contributed by atoms with E-state index in [-0.39, 0.29) is 0 Å². The first-order valence-corrected chi connectivity index (χ1v) is 7.42. The molecule has 0 saturated heterocycles. The average Bonchev–Trinajstić information content (AvgIpc) is 2.84. The molecule has 3 rings (SSSR count). The van der Waals surface area contributed by atoms with Crippen molar-refractivity contribution in [3.63, 3.8) is 0 Å². The standard InChI is InChI=1S/C17H14BrNO2/c1-11-15(10-13-4-2-3-5-16(13)20)17(21-19-11)12-6-8-14(18)9-7-12/h2-9,20H,10H2,1H3. The van der Waals surface area contributed by atoms with Gasteiger partial charge in [0.15, 0.2) is 5.76 Å². The molecule has 2 aromatic carbocycles. The zero-order chi connectivity index (χ0) is 14.8. The number of nitrogens with zero attached hydrogens (tertiary/aromatic N) is 1. The first kappa shape index (κ1) is 13.9. The topological polar surface area (TPSA) is 46.3 Å². The van der Waals surface area contributed by atoms with E-state index < -0.39 is 0 Å². The summed E-state index contributed by atoms with van der Waals surface area (Å²) in [6.45, 7) is 1.92. The Morgan fingerprint density at radius 3 is 2.52 bits per heavy atom. The number of phenols is 1. The molecule has 1 aromatic heterocycles. The van der Waals surface area contributed by atoms with Crippen molar-refractivity contribution in [1.82, 2.24) is 5.16 Å². The molecule has 21 heavy (non-hydrogen) atoms. The molecule has 106 valence electrons. The van der Waals surface area contributed by atoms with Crippen LogP contribution in [-0.2, 0) is 6.42 Å². The lowest BCUT2D eigenvalue weighted by Crippen LogP contribution is -1.92. The van der Waals surface area contributed by atoms with Crippen LogP contribution in [0.2, 0.25) is 0 Å². The number of phenolic OH excluding ortho intramolecular Hbond substituents is 1. The summed E-state index contributed by atoms with van der Waals surface area (Å²) in [6.07, 6.45) is 0.591. The summed E-state index contributed by atoms with van der Waals surface area (Å²) in [4.78, 5) is 0. The highest BCUT2D eigenvalue weighted by Crippen LogP contribution is 2.31. The third-order valence-electron chi connectivity index (χ3n) is 3.45. The van der Waals surface area contributed by atoms with Crippen molar-refractivity contribution in [3.8, 4) is 17.1 Å². The van der Waals surface area contributed by atoms with E-state index in [0.29, 0.717) is 12.2 Å². The molecule has 3 aromatic rings. The maximum Gasteiger partial charge on any atom is 0.170 e. The summed E-state index contributed by atoms with van der Waals surface area (Å²) >= 11 is 3.43. The number of aromatic hydroxyl groups is 1. The van der Waals surface area contributed by atoms with E-state index in [0.717, 1.165) is 32.6 Å². The number of aromatic nitrogens is 1. The van der Waals surface area contributed by atoms with Gasteiger partial charge < -0.3 is 9.63 Å². The van der Waals surface area contributed by atoms with Crippen LogP contribution >= 0.6 is 15.9 Å². The number of hydrogen-bond donors (Lipinski definition) is 1. The molecular formula is C17H14BrNO2. The summed E-state index contributed by atoms with van der Waals surface area (Å²) in [7, 11) is 0. The van der Waals surface area contributed by atoms with E-state index in [1.54, 1.807) is 6.07 Å². The van der Waals surface area contributed by atoms with Crippen LogP contribution in [0, 0.1) is 6.92 Å². The molecule has 0 aliphatic rings. The van der Waals surface area contributed by atoms with Crippen LogP contribution in [0.3, 0.4) is 0 Å². The Kier molecular flexibility index (Phi) is 3.80. The molecule has 0 aliphatic heterocycles. The fraction of sp³-hybridized carbons (Fsp3) is 0.118. The van der Waals surface area contributed by atoms with Crippen molar-refractivity contribution in [2.24, 2.45) is 0 Å². The Labute approximate surface area is 131 Å². The highest BCUT2D eigenvalue weighted by Gasteiger charge is 2.16. The zero-order valence-electron chi connectivity index (χ0n) is 11.5. The molecule has 4 heteroatoms. The van der Waals surface area contributed by atoms with Crippen LogP contribution in [-0.4, -0.2) is 10.3 Å². The van der Waals surface area contributed by atoms with Crippen molar-refractivity contribution in [1.29, 1.82) is 0 Å². The third-order valence-corrected chi connectivity index (χ3v) is 3.98. The molecule has 0 amide bonds. The fourth-order valence-corrected chi connectivity index (χ4v) is 2.54. The van der Waals surface area contributed by atoms with Crippen LogP contribution < -0.4 is 0 Å². The normalized spacial score (nSPS) is 10.8. The summed E-state index contributed by atoms with van der Waals surface area (Å²) in [5.41, 5.74) is 3.68. The summed E-state index contributed by atoms with van der Waals surface area (Å²) < 4.78 is 6.50. The lowest BCUT2D eigenvalue weighted by molar-refractivity contribution is 0.426.